The van der Waals surface area contributed by atoms with Gasteiger partial charge < -0.3 is 15.7 Å². The van der Waals surface area contributed by atoms with Crippen LogP contribution < -0.4 is 10.6 Å². The van der Waals surface area contributed by atoms with Crippen molar-refractivity contribution in [3.8, 4) is 0 Å². The molecule has 0 radical (unpaired) electrons. The second-order valence-electron chi connectivity index (χ2n) is 3.62. The van der Waals surface area contributed by atoms with Crippen LogP contribution in [0.1, 0.15) is 11.1 Å². The predicted molar refractivity (Wildman–Crippen MR) is 57.5 cm³/mol. The van der Waals surface area contributed by atoms with E-state index < -0.39 is 0 Å². The molecule has 0 spiro atoms. The van der Waals surface area contributed by atoms with Gasteiger partial charge in [-0.25, -0.2) is 0 Å². The fourth-order valence-electron chi connectivity index (χ4n) is 1.89. The van der Waals surface area contributed by atoms with Gasteiger partial charge in [-0.15, -0.1) is 0 Å². The topological polar surface area (TPSA) is 66.6 Å². The molecule has 1 aromatic carbocycles. The van der Waals surface area contributed by atoms with Crippen LogP contribution in [0.5, 0.6) is 0 Å². The van der Waals surface area contributed by atoms with Gasteiger partial charge in [0.25, 0.3) is 0 Å². The Bertz CT molecular complexity index is 390. The second kappa shape index (κ2) is 4.00. The van der Waals surface area contributed by atoms with E-state index in [4.69, 9.17) is 10.8 Å². The van der Waals surface area contributed by atoms with Crippen molar-refractivity contribution in [2.24, 2.45) is 5.73 Å². The van der Waals surface area contributed by atoms with E-state index in [2.05, 4.69) is 0 Å². The normalized spacial score (nSPS) is 14.1. The number of aliphatic hydroxyl groups excluding tert-OH is 1. The lowest BCUT2D eigenvalue weighted by atomic mass is 10.1. The zero-order valence-corrected chi connectivity index (χ0v) is 8.44. The molecule has 0 fully saturated rings. The largest absolute Gasteiger partial charge is 0.392 e. The van der Waals surface area contributed by atoms with Gasteiger partial charge in [-0.2, -0.15) is 0 Å². The molecule has 0 atom stereocenters. The highest BCUT2D eigenvalue weighted by Gasteiger charge is 2.23. The first kappa shape index (κ1) is 10.1. The summed E-state index contributed by atoms with van der Waals surface area (Å²) in [6, 6.07) is 5.70. The summed E-state index contributed by atoms with van der Waals surface area (Å²) in [6.07, 6.45) is 0.868. The molecule has 80 valence electrons. The van der Waals surface area contributed by atoms with Crippen molar-refractivity contribution in [3.63, 3.8) is 0 Å². The van der Waals surface area contributed by atoms with Crippen LogP contribution >= 0.6 is 0 Å². The predicted octanol–water partition coefficient (Wildman–Crippen LogP) is 0.0267. The first-order chi connectivity index (χ1) is 7.26. The summed E-state index contributed by atoms with van der Waals surface area (Å²) in [6.45, 7) is 0.723. The van der Waals surface area contributed by atoms with Gasteiger partial charge in [0.1, 0.15) is 0 Å². The smallest absolute Gasteiger partial charge is 0.240 e. The molecular formula is C11H14N2O2. The molecule has 4 heteroatoms. The minimum Gasteiger partial charge on any atom is -0.392 e. The van der Waals surface area contributed by atoms with Gasteiger partial charge in [0.2, 0.25) is 5.91 Å². The van der Waals surface area contributed by atoms with Crippen LogP contribution in [0.25, 0.3) is 0 Å². The SMILES string of the molecule is NCC(=O)N1CCc2ccc(CO)cc21. The maximum absolute atomic E-state index is 11.5. The van der Waals surface area contributed by atoms with E-state index in [0.717, 1.165) is 23.2 Å². The number of benzene rings is 1. The number of rotatable bonds is 2. The molecule has 0 saturated carbocycles. The van der Waals surface area contributed by atoms with Crippen LogP contribution in [0.2, 0.25) is 0 Å². The number of amides is 1. The quantitative estimate of drug-likeness (QED) is 0.717. The molecular weight excluding hydrogens is 192 g/mol. The van der Waals surface area contributed by atoms with Crippen molar-refractivity contribution in [1.29, 1.82) is 0 Å². The van der Waals surface area contributed by atoms with Crippen molar-refractivity contribution in [1.82, 2.24) is 0 Å². The molecule has 15 heavy (non-hydrogen) atoms. The fraction of sp³-hybridized carbons (Fsp3) is 0.364. The Morgan fingerprint density at radius 2 is 2.33 bits per heavy atom. The highest BCUT2D eigenvalue weighted by atomic mass is 16.3. The Labute approximate surface area is 88.3 Å². The van der Waals surface area contributed by atoms with Gasteiger partial charge in [0.15, 0.2) is 0 Å². The maximum Gasteiger partial charge on any atom is 0.240 e. The summed E-state index contributed by atoms with van der Waals surface area (Å²) in [5.74, 6) is -0.0659. The van der Waals surface area contributed by atoms with E-state index in [-0.39, 0.29) is 19.1 Å². The van der Waals surface area contributed by atoms with Crippen LogP contribution in [0.3, 0.4) is 0 Å². The summed E-state index contributed by atoms with van der Waals surface area (Å²) in [4.78, 5) is 13.2. The van der Waals surface area contributed by atoms with Crippen molar-refractivity contribution >= 4 is 11.6 Å². The number of nitrogens with two attached hydrogens (primary N) is 1. The molecule has 0 aromatic heterocycles. The summed E-state index contributed by atoms with van der Waals surface area (Å²) < 4.78 is 0. The summed E-state index contributed by atoms with van der Waals surface area (Å²) in [5.41, 5.74) is 8.21. The van der Waals surface area contributed by atoms with E-state index in [9.17, 15) is 4.79 Å². The molecule has 0 saturated heterocycles. The molecule has 1 aliphatic rings. The summed E-state index contributed by atoms with van der Waals surface area (Å²) in [7, 11) is 0. The standard InChI is InChI=1S/C11H14N2O2/c12-6-11(15)13-4-3-9-2-1-8(7-14)5-10(9)13/h1-2,5,14H,3-4,6-7,12H2. The van der Waals surface area contributed by atoms with Gasteiger partial charge in [0, 0.05) is 12.2 Å². The highest BCUT2D eigenvalue weighted by molar-refractivity contribution is 5.96. The highest BCUT2D eigenvalue weighted by Crippen LogP contribution is 2.28. The molecule has 0 bridgehead atoms. The molecule has 1 aliphatic heterocycles. The molecule has 1 amide bonds. The van der Waals surface area contributed by atoms with E-state index in [1.54, 1.807) is 4.90 Å². The average molecular weight is 206 g/mol. The Balaban J connectivity index is 2.35. The van der Waals surface area contributed by atoms with Gasteiger partial charge in [-0.3, -0.25) is 4.79 Å². The first-order valence-electron chi connectivity index (χ1n) is 4.99. The van der Waals surface area contributed by atoms with Crippen molar-refractivity contribution < 1.29 is 9.90 Å². The van der Waals surface area contributed by atoms with Crippen LogP contribution in [-0.4, -0.2) is 24.1 Å². The second-order valence-corrected chi connectivity index (χ2v) is 3.62. The minimum atomic E-state index is -0.0659. The summed E-state index contributed by atoms with van der Waals surface area (Å²) in [5, 5.41) is 9.02. The number of aliphatic hydroxyl groups is 1. The first-order valence-corrected chi connectivity index (χ1v) is 4.99. The molecule has 3 N–H and O–H groups in total. The summed E-state index contributed by atoms with van der Waals surface area (Å²) >= 11 is 0. The van der Waals surface area contributed by atoms with E-state index in [0.29, 0.717) is 6.54 Å². The van der Waals surface area contributed by atoms with Gasteiger partial charge in [-0.05, 0) is 23.6 Å². The lowest BCUT2D eigenvalue weighted by Gasteiger charge is -2.16. The zero-order chi connectivity index (χ0) is 10.8. The van der Waals surface area contributed by atoms with Crippen molar-refractivity contribution in [3.05, 3.63) is 29.3 Å². The van der Waals surface area contributed by atoms with Crippen LogP contribution in [0, 0.1) is 0 Å². The number of anilines is 1. The molecule has 2 rings (SSSR count). The van der Waals surface area contributed by atoms with Crippen molar-refractivity contribution in [2.45, 2.75) is 13.0 Å². The Morgan fingerprint density at radius 3 is 3.00 bits per heavy atom. The van der Waals surface area contributed by atoms with Gasteiger partial charge in [-0.1, -0.05) is 12.1 Å². The third-order valence-corrected chi connectivity index (χ3v) is 2.70. The number of nitrogens with zero attached hydrogens (tertiary/aromatic N) is 1. The Kier molecular flexibility index (Phi) is 2.70. The molecule has 1 aromatic rings. The molecule has 1 heterocycles. The van der Waals surface area contributed by atoms with Crippen LogP contribution in [0.4, 0.5) is 5.69 Å². The lowest BCUT2D eigenvalue weighted by molar-refractivity contribution is -0.117. The average Bonchev–Trinajstić information content (AvgIpc) is 2.70. The van der Waals surface area contributed by atoms with Crippen LogP contribution in [-0.2, 0) is 17.8 Å². The van der Waals surface area contributed by atoms with E-state index in [1.165, 1.54) is 0 Å². The lowest BCUT2D eigenvalue weighted by Crippen LogP contribution is -2.34. The molecule has 0 unspecified atom stereocenters. The molecule has 0 aliphatic carbocycles. The van der Waals surface area contributed by atoms with E-state index in [1.807, 2.05) is 18.2 Å². The Hall–Kier alpha value is -1.39. The number of hydrogen-bond acceptors (Lipinski definition) is 3. The maximum atomic E-state index is 11.5. The number of carbonyl (C=O) groups excluding carboxylic acids is 1. The van der Waals surface area contributed by atoms with E-state index >= 15 is 0 Å². The Morgan fingerprint density at radius 1 is 1.53 bits per heavy atom. The number of hydrogen-bond donors (Lipinski definition) is 2. The van der Waals surface area contributed by atoms with Gasteiger partial charge in [0.05, 0.1) is 13.2 Å². The number of fused-ring (bicyclic) bond motifs is 1. The minimum absolute atomic E-state index is 0.00205. The van der Waals surface area contributed by atoms with Gasteiger partial charge >= 0.3 is 0 Å². The third-order valence-electron chi connectivity index (χ3n) is 2.70. The van der Waals surface area contributed by atoms with Crippen molar-refractivity contribution in [2.75, 3.05) is 18.0 Å². The fourth-order valence-corrected chi connectivity index (χ4v) is 1.89. The third kappa shape index (κ3) is 1.73. The van der Waals surface area contributed by atoms with Crippen LogP contribution in [0.15, 0.2) is 18.2 Å². The zero-order valence-electron chi connectivity index (χ0n) is 8.44. The monoisotopic (exact) mass is 206 g/mol. The number of carbonyl (C=O) groups is 1. The molecule has 4 nitrogen and oxygen atoms in total.